The summed E-state index contributed by atoms with van der Waals surface area (Å²) in [7, 11) is 2.09. The van der Waals surface area contributed by atoms with Gasteiger partial charge in [-0.2, -0.15) is 4.57 Å². The van der Waals surface area contributed by atoms with Crippen LogP contribution in [-0.2, 0) is 31.0 Å². The van der Waals surface area contributed by atoms with E-state index in [-0.39, 0.29) is 11.1 Å². The van der Waals surface area contributed by atoms with Gasteiger partial charge in [-0.1, -0.05) is 69.7 Å². The summed E-state index contributed by atoms with van der Waals surface area (Å²) in [6.45, 7) is 9.25. The number of hydrogen-bond donors (Lipinski definition) is 0. The third-order valence-electron chi connectivity index (χ3n) is 12.4. The Morgan fingerprint density at radius 1 is 0.796 bits per heavy atom. The lowest BCUT2D eigenvalue weighted by Gasteiger charge is -2.46. The molecule has 2 unspecified atom stereocenters. The Kier molecular flexibility index (Phi) is 8.36. The number of benzene rings is 3. The minimum Gasteiger partial charge on any atom is -0.456 e. The molecule has 5 aromatic heterocycles. The van der Waals surface area contributed by atoms with Crippen LogP contribution in [0.2, 0.25) is 0 Å². The van der Waals surface area contributed by atoms with Crippen molar-refractivity contribution in [1.82, 2.24) is 24.7 Å². The Labute approximate surface area is 316 Å². The molecule has 0 N–H and O–H groups in total. The van der Waals surface area contributed by atoms with Gasteiger partial charge in [0, 0.05) is 46.9 Å². The number of aromatic nitrogens is 7. The van der Waals surface area contributed by atoms with E-state index in [1.54, 1.807) is 0 Å². The summed E-state index contributed by atoms with van der Waals surface area (Å²) in [5.41, 5.74) is 9.68. The van der Waals surface area contributed by atoms with Crippen LogP contribution in [0.15, 0.2) is 114 Å². The van der Waals surface area contributed by atoms with Crippen LogP contribution in [0.4, 0.5) is 0 Å². The fraction of sp³-hybridized carbons (Fsp3) is 0.304. The average Bonchev–Trinajstić information content (AvgIpc) is 3.83. The van der Waals surface area contributed by atoms with E-state index < -0.39 is 0 Å². The Bertz CT molecular complexity index is 2680. The van der Waals surface area contributed by atoms with Crippen molar-refractivity contribution >= 4 is 33.1 Å². The summed E-state index contributed by atoms with van der Waals surface area (Å²) < 4.78 is 13.6. The molecule has 2 atom stereocenters. The van der Waals surface area contributed by atoms with Gasteiger partial charge in [-0.15, -0.1) is 5.10 Å². The number of unbranched alkanes of at least 4 members (excludes halogenated alkanes) is 1. The third kappa shape index (κ3) is 5.17. The van der Waals surface area contributed by atoms with Crippen LogP contribution in [0.5, 0.6) is 0 Å². The molecular weight excluding hydrogens is 667 g/mol. The Morgan fingerprint density at radius 3 is 2.44 bits per heavy atom. The molecule has 0 bridgehead atoms. The van der Waals surface area contributed by atoms with Gasteiger partial charge in [-0.25, -0.2) is 19.2 Å². The van der Waals surface area contributed by atoms with E-state index in [9.17, 15) is 0 Å². The van der Waals surface area contributed by atoms with Crippen molar-refractivity contribution in [2.45, 2.75) is 83.7 Å². The lowest BCUT2D eigenvalue weighted by molar-refractivity contribution is -0.775. The van der Waals surface area contributed by atoms with Gasteiger partial charge in [0.05, 0.1) is 13.2 Å². The molecular formula is C46H47N7O+2. The maximum absolute atomic E-state index is 6.66. The van der Waals surface area contributed by atoms with Crippen LogP contribution >= 0.6 is 0 Å². The Hall–Kier alpha value is -5.76. The molecule has 8 heteroatoms. The lowest BCUT2D eigenvalue weighted by atomic mass is 9.69. The maximum Gasteiger partial charge on any atom is 0.349 e. The second kappa shape index (κ2) is 13.3. The average molecular weight is 714 g/mol. The number of furan rings is 1. The number of hydrogen-bond acceptors (Lipinski definition) is 5. The van der Waals surface area contributed by atoms with Gasteiger partial charge in [0.15, 0.2) is 28.8 Å². The van der Waals surface area contributed by atoms with Gasteiger partial charge in [0.2, 0.25) is 5.82 Å². The van der Waals surface area contributed by atoms with Crippen molar-refractivity contribution in [1.29, 1.82) is 0 Å². The first kappa shape index (κ1) is 34.0. The van der Waals surface area contributed by atoms with Crippen molar-refractivity contribution in [3.8, 4) is 34.2 Å². The predicted molar refractivity (Wildman–Crippen MR) is 214 cm³/mol. The number of rotatable bonds is 10. The van der Waals surface area contributed by atoms with E-state index in [1.165, 1.54) is 24.0 Å². The van der Waals surface area contributed by atoms with Gasteiger partial charge in [-0.05, 0) is 85.1 Å². The highest BCUT2D eigenvalue weighted by Crippen LogP contribution is 2.48. The Morgan fingerprint density at radius 2 is 1.63 bits per heavy atom. The topological polar surface area (TPSA) is 77.4 Å². The van der Waals surface area contributed by atoms with Crippen molar-refractivity contribution in [2.24, 2.45) is 7.05 Å². The molecule has 54 heavy (non-hydrogen) atoms. The minimum atomic E-state index is -0.364. The van der Waals surface area contributed by atoms with E-state index in [2.05, 4.69) is 128 Å². The largest absolute Gasteiger partial charge is 0.456 e. The standard InChI is InChI=1S/C46H47N7O/c1-6-9-16-31-21-22-34-36-28-33(35(29-41(36)54-40(34)27-31)39-30-48-37-19-15-25-47-43(37)51(39)5)23-24-46(8-3)45(4,7-2)53-44(38-20-13-14-26-52(38)46)49-42(50-53)32-17-11-10-12-18-32/h10-15,17-22,25-30H,6-9,16,23-24H2,1-5H3/q+2. The Balaban J connectivity index is 1.21. The van der Waals surface area contributed by atoms with E-state index in [1.807, 2.05) is 30.6 Å². The molecule has 1 aliphatic rings. The third-order valence-corrected chi connectivity index (χ3v) is 12.4. The first-order valence-corrected chi connectivity index (χ1v) is 19.5. The molecule has 6 heterocycles. The molecule has 0 saturated carbocycles. The molecule has 0 radical (unpaired) electrons. The lowest BCUT2D eigenvalue weighted by Crippen LogP contribution is -2.71. The summed E-state index contributed by atoms with van der Waals surface area (Å²) in [5, 5.41) is 7.60. The minimum absolute atomic E-state index is 0.308. The van der Waals surface area contributed by atoms with Gasteiger partial charge in [0.25, 0.3) is 5.69 Å². The van der Waals surface area contributed by atoms with Crippen LogP contribution in [0, 0.1) is 0 Å². The summed E-state index contributed by atoms with van der Waals surface area (Å²) in [6.07, 6.45) is 13.0. The van der Waals surface area contributed by atoms with Crippen molar-refractivity contribution in [3.05, 3.63) is 121 Å². The quantitative estimate of drug-likeness (QED) is 0.132. The van der Waals surface area contributed by atoms with Crippen LogP contribution in [0.1, 0.15) is 70.9 Å². The molecule has 0 aliphatic carbocycles. The highest BCUT2D eigenvalue weighted by atomic mass is 16.3. The SMILES string of the molecule is CCCCc1ccc2c(c1)oc1cc(-c3cnc4cccnc4[n+]3C)c(CCC3(CC)[n+]4ccccc4-c4nc(-c5ccccc5)nn4C3(C)CC)cc12. The van der Waals surface area contributed by atoms with E-state index in [4.69, 9.17) is 24.5 Å². The zero-order valence-electron chi connectivity index (χ0n) is 31.9. The van der Waals surface area contributed by atoms with E-state index in [0.29, 0.717) is 0 Å². The highest BCUT2D eigenvalue weighted by molar-refractivity contribution is 6.06. The summed E-state index contributed by atoms with van der Waals surface area (Å²) in [4.78, 5) is 14.8. The molecule has 270 valence electrons. The molecule has 0 fully saturated rings. The number of fused-ring (bicyclic) bond motifs is 7. The molecule has 8 nitrogen and oxygen atoms in total. The monoisotopic (exact) mass is 713 g/mol. The fourth-order valence-corrected chi connectivity index (χ4v) is 9.15. The predicted octanol–water partition coefficient (Wildman–Crippen LogP) is 9.45. The van der Waals surface area contributed by atoms with Crippen molar-refractivity contribution in [2.75, 3.05) is 0 Å². The van der Waals surface area contributed by atoms with Crippen molar-refractivity contribution in [3.63, 3.8) is 0 Å². The first-order chi connectivity index (χ1) is 26.4. The molecule has 8 aromatic rings. The first-order valence-electron chi connectivity index (χ1n) is 19.5. The number of nitrogens with zero attached hydrogens (tertiary/aromatic N) is 7. The maximum atomic E-state index is 6.66. The normalized spacial score (nSPS) is 18.0. The fourth-order valence-electron chi connectivity index (χ4n) is 9.15. The molecule has 1 aliphatic heterocycles. The summed E-state index contributed by atoms with van der Waals surface area (Å²) >= 11 is 0. The van der Waals surface area contributed by atoms with Crippen LogP contribution in [-0.4, -0.2) is 24.7 Å². The molecule has 0 spiro atoms. The number of pyridine rings is 2. The van der Waals surface area contributed by atoms with Gasteiger partial charge >= 0.3 is 5.65 Å². The zero-order chi connectivity index (χ0) is 37.0. The van der Waals surface area contributed by atoms with Crippen LogP contribution < -0.4 is 9.13 Å². The summed E-state index contributed by atoms with van der Waals surface area (Å²) in [5.74, 6) is 1.67. The molecule has 0 saturated heterocycles. The number of aryl methyl sites for hydroxylation is 3. The van der Waals surface area contributed by atoms with Gasteiger partial charge < -0.3 is 4.42 Å². The summed E-state index contributed by atoms with van der Waals surface area (Å²) in [6, 6.07) is 32.1. The second-order valence-electron chi connectivity index (χ2n) is 15.1. The van der Waals surface area contributed by atoms with Crippen LogP contribution in [0.3, 0.4) is 0 Å². The second-order valence-corrected chi connectivity index (χ2v) is 15.1. The smallest absolute Gasteiger partial charge is 0.349 e. The zero-order valence-corrected chi connectivity index (χ0v) is 31.9. The van der Waals surface area contributed by atoms with E-state index >= 15 is 0 Å². The van der Waals surface area contributed by atoms with Gasteiger partial charge in [-0.3, -0.25) is 0 Å². The molecule has 0 amide bonds. The molecule has 9 rings (SSSR count). The van der Waals surface area contributed by atoms with E-state index in [0.717, 1.165) is 99.4 Å². The van der Waals surface area contributed by atoms with Gasteiger partial charge in [0.1, 0.15) is 22.9 Å². The molecule has 3 aromatic carbocycles. The van der Waals surface area contributed by atoms with Crippen molar-refractivity contribution < 1.29 is 13.6 Å². The van der Waals surface area contributed by atoms with Crippen LogP contribution in [0.25, 0.3) is 67.3 Å². The highest BCUT2D eigenvalue weighted by Gasteiger charge is 2.60.